The van der Waals surface area contributed by atoms with Gasteiger partial charge in [0.1, 0.15) is 5.82 Å². The molecular weight excluding hydrogens is 288 g/mol. The number of rotatable bonds is 5. The Morgan fingerprint density at radius 2 is 1.78 bits per heavy atom. The van der Waals surface area contributed by atoms with Crippen molar-refractivity contribution in [3.8, 4) is 0 Å². The smallest absolute Gasteiger partial charge is 0.126 e. The zero-order chi connectivity index (χ0) is 12.8. The Balaban J connectivity index is 1.91. The molecule has 2 nitrogen and oxygen atoms in total. The van der Waals surface area contributed by atoms with Crippen LogP contribution in [0.15, 0.2) is 47.1 Å². The van der Waals surface area contributed by atoms with Crippen molar-refractivity contribution in [2.75, 3.05) is 5.32 Å². The van der Waals surface area contributed by atoms with Crippen LogP contribution in [0.2, 0.25) is 0 Å². The Morgan fingerprint density at radius 1 is 1.06 bits per heavy atom. The zero-order valence-electron chi connectivity index (χ0n) is 10.5. The fraction of sp³-hybridized carbons (Fsp3) is 0.267. The first-order valence-electron chi connectivity index (χ1n) is 6.21. The van der Waals surface area contributed by atoms with Crippen molar-refractivity contribution in [1.82, 2.24) is 4.98 Å². The summed E-state index contributed by atoms with van der Waals surface area (Å²) in [5, 5.41) is 3.31. The molecular formula is C15H17BrN2. The van der Waals surface area contributed by atoms with Gasteiger partial charge in [-0.1, -0.05) is 37.6 Å². The van der Waals surface area contributed by atoms with E-state index in [0.29, 0.717) is 0 Å². The van der Waals surface area contributed by atoms with E-state index in [2.05, 4.69) is 57.4 Å². The molecule has 3 heteroatoms. The van der Waals surface area contributed by atoms with E-state index in [9.17, 15) is 0 Å². The molecule has 0 bridgehead atoms. The molecule has 0 radical (unpaired) electrons. The Kier molecular flexibility index (Phi) is 4.76. The number of anilines is 1. The summed E-state index contributed by atoms with van der Waals surface area (Å²) in [6.07, 6.45) is 4.15. The minimum absolute atomic E-state index is 0.807. The van der Waals surface area contributed by atoms with Crippen LogP contribution in [-0.2, 0) is 13.0 Å². The molecule has 1 aromatic heterocycles. The number of pyridine rings is 1. The highest BCUT2D eigenvalue weighted by Crippen LogP contribution is 2.12. The molecule has 2 aromatic rings. The molecule has 1 N–H and O–H groups in total. The van der Waals surface area contributed by atoms with Crippen molar-refractivity contribution in [3.05, 3.63) is 58.2 Å². The van der Waals surface area contributed by atoms with Gasteiger partial charge in [-0.15, -0.1) is 0 Å². The Bertz CT molecular complexity index is 477. The second-order valence-electron chi connectivity index (χ2n) is 4.28. The lowest BCUT2D eigenvalue weighted by molar-refractivity contribution is 0.920. The van der Waals surface area contributed by atoms with Gasteiger partial charge in [-0.2, -0.15) is 0 Å². The average Bonchev–Trinajstić information content (AvgIpc) is 2.40. The molecule has 0 unspecified atom stereocenters. The molecule has 0 saturated heterocycles. The van der Waals surface area contributed by atoms with E-state index in [4.69, 9.17) is 0 Å². The van der Waals surface area contributed by atoms with Crippen LogP contribution in [0.4, 0.5) is 5.82 Å². The third kappa shape index (κ3) is 3.84. The highest BCUT2D eigenvalue weighted by molar-refractivity contribution is 9.10. The largest absolute Gasteiger partial charge is 0.366 e. The normalized spacial score (nSPS) is 10.3. The van der Waals surface area contributed by atoms with Crippen LogP contribution in [0, 0.1) is 0 Å². The van der Waals surface area contributed by atoms with Gasteiger partial charge >= 0.3 is 0 Å². The molecule has 0 fully saturated rings. The van der Waals surface area contributed by atoms with Crippen molar-refractivity contribution in [3.63, 3.8) is 0 Å². The van der Waals surface area contributed by atoms with Crippen molar-refractivity contribution >= 4 is 21.7 Å². The lowest BCUT2D eigenvalue weighted by Gasteiger charge is -2.06. The fourth-order valence-electron chi connectivity index (χ4n) is 1.79. The summed E-state index contributed by atoms with van der Waals surface area (Å²) in [6, 6.07) is 12.7. The van der Waals surface area contributed by atoms with Crippen LogP contribution in [0.25, 0.3) is 0 Å². The van der Waals surface area contributed by atoms with Crippen molar-refractivity contribution in [1.29, 1.82) is 0 Å². The van der Waals surface area contributed by atoms with E-state index in [1.54, 1.807) is 6.20 Å². The third-order valence-electron chi connectivity index (χ3n) is 2.76. The minimum Gasteiger partial charge on any atom is -0.366 e. The summed E-state index contributed by atoms with van der Waals surface area (Å²) >= 11 is 3.37. The maximum atomic E-state index is 4.28. The predicted molar refractivity (Wildman–Crippen MR) is 79.7 cm³/mol. The molecule has 0 saturated carbocycles. The quantitative estimate of drug-likeness (QED) is 0.885. The third-order valence-corrected chi connectivity index (χ3v) is 3.23. The minimum atomic E-state index is 0.807. The molecule has 0 spiro atoms. The van der Waals surface area contributed by atoms with Crippen LogP contribution in [0.1, 0.15) is 24.5 Å². The number of aromatic nitrogens is 1. The number of halogens is 1. The summed E-state index contributed by atoms with van der Waals surface area (Å²) in [7, 11) is 0. The van der Waals surface area contributed by atoms with Gasteiger partial charge in [0.25, 0.3) is 0 Å². The van der Waals surface area contributed by atoms with Gasteiger partial charge in [-0.3, -0.25) is 0 Å². The summed E-state index contributed by atoms with van der Waals surface area (Å²) in [4.78, 5) is 4.28. The first-order chi connectivity index (χ1) is 8.78. The van der Waals surface area contributed by atoms with Gasteiger partial charge in [-0.25, -0.2) is 4.98 Å². The first-order valence-corrected chi connectivity index (χ1v) is 7.00. The second-order valence-corrected chi connectivity index (χ2v) is 5.20. The van der Waals surface area contributed by atoms with Crippen LogP contribution in [0.5, 0.6) is 0 Å². The monoisotopic (exact) mass is 304 g/mol. The van der Waals surface area contributed by atoms with E-state index >= 15 is 0 Å². The molecule has 2 rings (SSSR count). The maximum absolute atomic E-state index is 4.28. The number of benzene rings is 1. The topological polar surface area (TPSA) is 24.9 Å². The van der Waals surface area contributed by atoms with Gasteiger partial charge in [0, 0.05) is 17.2 Å². The number of nitrogens with one attached hydrogen (secondary N) is 1. The molecule has 1 aromatic carbocycles. The van der Waals surface area contributed by atoms with Crippen LogP contribution in [0.3, 0.4) is 0 Å². The lowest BCUT2D eigenvalue weighted by atomic mass is 10.1. The zero-order valence-corrected chi connectivity index (χ0v) is 12.1. The van der Waals surface area contributed by atoms with Crippen LogP contribution < -0.4 is 5.32 Å². The highest BCUT2D eigenvalue weighted by Gasteiger charge is 1.96. The summed E-state index contributed by atoms with van der Waals surface area (Å²) < 4.78 is 0.997. The lowest BCUT2D eigenvalue weighted by Crippen LogP contribution is -2.01. The van der Waals surface area contributed by atoms with Crippen LogP contribution >= 0.6 is 15.9 Å². The van der Waals surface area contributed by atoms with Crippen LogP contribution in [-0.4, -0.2) is 4.98 Å². The standard InChI is InChI=1S/C15H17BrN2/c1-2-3-12-4-6-13(7-5-12)10-17-15-9-8-14(16)11-18-15/h4-9,11H,2-3,10H2,1H3,(H,17,18). The fourth-order valence-corrected chi connectivity index (χ4v) is 2.02. The van der Waals surface area contributed by atoms with Crippen molar-refractivity contribution < 1.29 is 0 Å². The molecule has 0 amide bonds. The predicted octanol–water partition coefficient (Wildman–Crippen LogP) is 4.41. The number of aryl methyl sites for hydroxylation is 1. The van der Waals surface area contributed by atoms with E-state index < -0.39 is 0 Å². The van der Waals surface area contributed by atoms with Crippen molar-refractivity contribution in [2.24, 2.45) is 0 Å². The molecule has 0 aliphatic heterocycles. The van der Waals surface area contributed by atoms with E-state index in [-0.39, 0.29) is 0 Å². The van der Waals surface area contributed by atoms with E-state index in [1.807, 2.05) is 12.1 Å². The number of hydrogen-bond acceptors (Lipinski definition) is 2. The van der Waals surface area contributed by atoms with Gasteiger partial charge in [-0.05, 0) is 45.6 Å². The Hall–Kier alpha value is -1.35. The number of nitrogens with zero attached hydrogens (tertiary/aromatic N) is 1. The Labute approximate surface area is 117 Å². The van der Waals surface area contributed by atoms with Gasteiger partial charge in [0.15, 0.2) is 0 Å². The SMILES string of the molecule is CCCc1ccc(CNc2ccc(Br)cn2)cc1. The second kappa shape index (κ2) is 6.55. The molecule has 1 heterocycles. The molecule has 0 aliphatic carbocycles. The summed E-state index contributed by atoms with van der Waals surface area (Å²) in [5.41, 5.74) is 2.68. The number of hydrogen-bond donors (Lipinski definition) is 1. The molecule has 18 heavy (non-hydrogen) atoms. The summed E-state index contributed by atoms with van der Waals surface area (Å²) in [6.45, 7) is 3.01. The van der Waals surface area contributed by atoms with Crippen molar-refractivity contribution in [2.45, 2.75) is 26.3 Å². The van der Waals surface area contributed by atoms with Gasteiger partial charge < -0.3 is 5.32 Å². The van der Waals surface area contributed by atoms with Gasteiger partial charge in [0.2, 0.25) is 0 Å². The Morgan fingerprint density at radius 3 is 2.39 bits per heavy atom. The first kappa shape index (κ1) is 13.1. The van der Waals surface area contributed by atoms with Gasteiger partial charge in [0.05, 0.1) is 0 Å². The summed E-state index contributed by atoms with van der Waals surface area (Å²) in [5.74, 6) is 0.899. The molecule has 0 atom stereocenters. The maximum Gasteiger partial charge on any atom is 0.126 e. The highest BCUT2D eigenvalue weighted by atomic mass is 79.9. The molecule has 94 valence electrons. The molecule has 0 aliphatic rings. The van der Waals surface area contributed by atoms with E-state index in [0.717, 1.165) is 23.3 Å². The average molecular weight is 305 g/mol. The van der Waals surface area contributed by atoms with E-state index in [1.165, 1.54) is 17.5 Å².